The molecule has 2 aromatic heterocycles. The average Bonchev–Trinajstić information content (AvgIpc) is 2.95. The average molecular weight is 583 g/mol. The number of nitrogens with one attached hydrogen (secondary N) is 2. The van der Waals surface area contributed by atoms with Crippen LogP contribution in [0.2, 0.25) is 0 Å². The highest BCUT2D eigenvalue weighted by Gasteiger charge is 2.46. The molecule has 0 fully saturated rings. The Morgan fingerprint density at radius 1 is 1.15 bits per heavy atom. The van der Waals surface area contributed by atoms with Crippen LogP contribution in [0.4, 0.5) is 8.78 Å². The standard InChI is InChI=1S/C30H34F2N6O2S.H2/c1-5-19-12-13-30(6-2,29-22(19)14-25(37-38(29)3)28-23(31)8-7-9-24(28)32)27-18-33-17-26(36-27)20-10-11-21(34-15-20)16-35-41(4,39)40;/h7-11,14-15,17-19,35,37H,5-6,12-13,16H2,1-4H3;1H/t19-,30+;/m0./s1. The summed E-state index contributed by atoms with van der Waals surface area (Å²) in [5.74, 6) is -0.998. The summed E-state index contributed by atoms with van der Waals surface area (Å²) in [4.78, 5) is 14.0. The molecule has 11 heteroatoms. The Hall–Kier alpha value is -3.70. The molecular weight excluding hydrogens is 546 g/mol. The van der Waals surface area contributed by atoms with E-state index in [2.05, 4.69) is 34.0 Å². The minimum atomic E-state index is -3.32. The number of aromatic nitrogens is 3. The maximum Gasteiger partial charge on any atom is 0.209 e. The number of halogens is 2. The summed E-state index contributed by atoms with van der Waals surface area (Å²) in [6.45, 7) is 4.36. The molecule has 0 radical (unpaired) electrons. The Kier molecular flexibility index (Phi) is 7.93. The number of hydrazine groups is 1. The Balaban J connectivity index is 0.00000405. The first-order chi connectivity index (χ1) is 19.6. The molecule has 0 saturated carbocycles. The number of allylic oxidation sites excluding steroid dienone is 3. The van der Waals surface area contributed by atoms with Crippen molar-refractivity contribution in [2.24, 2.45) is 5.92 Å². The van der Waals surface area contributed by atoms with Gasteiger partial charge in [-0.2, -0.15) is 0 Å². The van der Waals surface area contributed by atoms with Gasteiger partial charge in [0.15, 0.2) is 0 Å². The molecule has 218 valence electrons. The van der Waals surface area contributed by atoms with Gasteiger partial charge in [-0.1, -0.05) is 19.9 Å². The molecule has 41 heavy (non-hydrogen) atoms. The Labute approximate surface area is 241 Å². The van der Waals surface area contributed by atoms with Gasteiger partial charge in [0.05, 0.1) is 52.8 Å². The van der Waals surface area contributed by atoms with E-state index in [4.69, 9.17) is 4.98 Å². The molecule has 3 heterocycles. The van der Waals surface area contributed by atoms with E-state index in [0.29, 0.717) is 17.1 Å². The van der Waals surface area contributed by atoms with Crippen LogP contribution in [0, 0.1) is 17.6 Å². The summed E-state index contributed by atoms with van der Waals surface area (Å²) in [6, 6.07) is 7.51. The van der Waals surface area contributed by atoms with Gasteiger partial charge >= 0.3 is 0 Å². The van der Waals surface area contributed by atoms with Gasteiger partial charge in [-0.3, -0.25) is 20.4 Å². The molecule has 2 atom stereocenters. The zero-order valence-corrected chi connectivity index (χ0v) is 24.4. The lowest BCUT2D eigenvalue weighted by molar-refractivity contribution is 0.222. The Morgan fingerprint density at radius 2 is 1.90 bits per heavy atom. The molecule has 1 aromatic carbocycles. The number of likely N-dealkylation sites (N-methyl/N-ethyl adjacent to an activating group) is 1. The maximum atomic E-state index is 14.8. The zero-order valence-electron chi connectivity index (χ0n) is 23.6. The summed E-state index contributed by atoms with van der Waals surface area (Å²) in [7, 11) is -1.44. The van der Waals surface area contributed by atoms with Crippen molar-refractivity contribution < 1.29 is 18.6 Å². The predicted molar refractivity (Wildman–Crippen MR) is 156 cm³/mol. The summed E-state index contributed by atoms with van der Waals surface area (Å²) in [5, 5.41) is 1.89. The number of rotatable bonds is 8. The molecule has 1 aliphatic carbocycles. The van der Waals surface area contributed by atoms with E-state index in [0.717, 1.165) is 54.5 Å². The van der Waals surface area contributed by atoms with Crippen LogP contribution in [0.5, 0.6) is 0 Å². The van der Waals surface area contributed by atoms with Crippen molar-refractivity contribution >= 4 is 15.7 Å². The molecule has 0 amide bonds. The number of benzene rings is 1. The minimum absolute atomic E-state index is 0. The van der Waals surface area contributed by atoms with E-state index in [1.54, 1.807) is 24.7 Å². The van der Waals surface area contributed by atoms with Crippen LogP contribution in [0.1, 0.15) is 57.9 Å². The topological polar surface area (TPSA) is 100 Å². The second kappa shape index (κ2) is 11.3. The van der Waals surface area contributed by atoms with Crippen LogP contribution in [0.3, 0.4) is 0 Å². The third kappa shape index (κ3) is 5.60. The van der Waals surface area contributed by atoms with Crippen molar-refractivity contribution in [3.63, 3.8) is 0 Å². The quantitative estimate of drug-likeness (QED) is 0.371. The summed E-state index contributed by atoms with van der Waals surface area (Å²) >= 11 is 0. The number of pyridine rings is 1. The third-order valence-corrected chi connectivity index (χ3v) is 8.77. The van der Waals surface area contributed by atoms with Gasteiger partial charge in [0.2, 0.25) is 10.0 Å². The largest absolute Gasteiger partial charge is 0.298 e. The van der Waals surface area contributed by atoms with Gasteiger partial charge < -0.3 is 0 Å². The number of hydrogen-bond acceptors (Lipinski definition) is 7. The summed E-state index contributed by atoms with van der Waals surface area (Å²) < 4.78 is 54.8. The predicted octanol–water partition coefficient (Wildman–Crippen LogP) is 5.33. The van der Waals surface area contributed by atoms with Gasteiger partial charge in [-0.25, -0.2) is 26.9 Å². The molecular formula is C30H36F2N6O2S. The van der Waals surface area contributed by atoms with Crippen LogP contribution < -0.4 is 10.1 Å². The van der Waals surface area contributed by atoms with E-state index in [-0.39, 0.29) is 19.5 Å². The van der Waals surface area contributed by atoms with Gasteiger partial charge in [0.1, 0.15) is 11.6 Å². The van der Waals surface area contributed by atoms with Gasteiger partial charge in [0.25, 0.3) is 0 Å². The van der Waals surface area contributed by atoms with Crippen molar-refractivity contribution in [1.82, 2.24) is 30.1 Å². The zero-order chi connectivity index (χ0) is 29.4. The number of nitrogens with zero attached hydrogens (tertiary/aromatic N) is 4. The first-order valence-electron chi connectivity index (χ1n) is 13.7. The highest BCUT2D eigenvalue weighted by Crippen LogP contribution is 2.51. The number of hydrogen-bond donors (Lipinski definition) is 2. The smallest absolute Gasteiger partial charge is 0.209 e. The van der Waals surface area contributed by atoms with E-state index in [1.165, 1.54) is 18.2 Å². The molecule has 0 spiro atoms. The molecule has 5 rings (SSSR count). The van der Waals surface area contributed by atoms with Crippen LogP contribution in [0.15, 0.2) is 66.3 Å². The van der Waals surface area contributed by atoms with Crippen molar-refractivity contribution in [3.8, 4) is 11.3 Å². The highest BCUT2D eigenvalue weighted by molar-refractivity contribution is 7.88. The van der Waals surface area contributed by atoms with Crippen LogP contribution >= 0.6 is 0 Å². The fourth-order valence-corrected chi connectivity index (χ4v) is 6.40. The molecule has 8 nitrogen and oxygen atoms in total. The van der Waals surface area contributed by atoms with Gasteiger partial charge in [-0.15, -0.1) is 0 Å². The lowest BCUT2D eigenvalue weighted by Gasteiger charge is -2.48. The monoisotopic (exact) mass is 582 g/mol. The summed E-state index contributed by atoms with van der Waals surface area (Å²) in [6.07, 6.45) is 11.5. The fourth-order valence-electron chi connectivity index (χ4n) is 5.99. The van der Waals surface area contributed by atoms with Gasteiger partial charge in [-0.05, 0) is 67.5 Å². The van der Waals surface area contributed by atoms with Crippen molar-refractivity contribution in [1.29, 1.82) is 0 Å². The lowest BCUT2D eigenvalue weighted by Crippen LogP contribution is -2.48. The molecule has 0 unspecified atom stereocenters. The van der Waals surface area contributed by atoms with Crippen molar-refractivity contribution in [3.05, 3.63) is 94.9 Å². The molecule has 3 aromatic rings. The van der Waals surface area contributed by atoms with Crippen molar-refractivity contribution in [2.45, 2.75) is 51.5 Å². The minimum Gasteiger partial charge on any atom is -0.298 e. The third-order valence-electron chi connectivity index (χ3n) is 8.10. The van der Waals surface area contributed by atoms with E-state index >= 15 is 0 Å². The molecule has 0 saturated heterocycles. The van der Waals surface area contributed by atoms with Crippen LogP contribution in [0.25, 0.3) is 17.0 Å². The highest BCUT2D eigenvalue weighted by atomic mass is 32.2. The molecule has 2 N–H and O–H groups in total. The van der Waals surface area contributed by atoms with E-state index in [9.17, 15) is 17.2 Å². The van der Waals surface area contributed by atoms with E-state index < -0.39 is 27.1 Å². The Morgan fingerprint density at radius 3 is 2.54 bits per heavy atom. The SMILES string of the molecule is CC[C@H]1CC[C@](CC)(c2cncc(-c3ccc(CNS(C)(=O)=O)nc3)n2)C2=C1C=C(c1c(F)cccc1F)NN2C.[HH]. The first kappa shape index (κ1) is 28.8. The molecule has 0 bridgehead atoms. The number of sulfonamides is 1. The lowest BCUT2D eigenvalue weighted by atomic mass is 9.65. The second-order valence-electron chi connectivity index (χ2n) is 10.6. The summed E-state index contributed by atoms with van der Waals surface area (Å²) in [5.41, 5.74) is 7.98. The maximum absolute atomic E-state index is 14.8. The molecule has 2 aliphatic rings. The second-order valence-corrected chi connectivity index (χ2v) is 12.5. The molecule has 1 aliphatic heterocycles. The van der Waals surface area contributed by atoms with Crippen molar-refractivity contribution in [2.75, 3.05) is 13.3 Å². The van der Waals surface area contributed by atoms with Gasteiger partial charge in [0, 0.05) is 32.1 Å². The Bertz CT molecular complexity index is 1610. The first-order valence-corrected chi connectivity index (χ1v) is 15.6. The van der Waals surface area contributed by atoms with Crippen LogP contribution in [-0.4, -0.2) is 41.7 Å². The van der Waals surface area contributed by atoms with E-state index in [1.807, 2.05) is 24.2 Å². The fraction of sp³-hybridized carbons (Fsp3) is 0.367. The van der Waals surface area contributed by atoms with Crippen LogP contribution in [-0.2, 0) is 22.0 Å². The normalized spacial score (nSPS) is 20.9.